The summed E-state index contributed by atoms with van der Waals surface area (Å²) in [5.74, 6) is 0. The van der Waals surface area contributed by atoms with Crippen molar-refractivity contribution in [2.24, 2.45) is 5.41 Å². The van der Waals surface area contributed by atoms with Gasteiger partial charge in [-0.2, -0.15) is 0 Å². The Balaban J connectivity index is 2.46. The van der Waals surface area contributed by atoms with E-state index >= 15 is 0 Å². The maximum atomic E-state index is 9.34. The number of hydrogen-bond acceptors (Lipinski definition) is 3. The van der Waals surface area contributed by atoms with Crippen LogP contribution in [0.15, 0.2) is 24.3 Å². The van der Waals surface area contributed by atoms with Crippen molar-refractivity contribution < 1.29 is 9.84 Å². The third-order valence-electron chi connectivity index (χ3n) is 3.42. The van der Waals surface area contributed by atoms with Crippen molar-refractivity contribution in [1.82, 2.24) is 5.32 Å². The highest BCUT2D eigenvalue weighted by molar-refractivity contribution is 5.22. The SMILES string of the molecule is CCC(C)(CO)CNCc1cccc(COC)c1. The van der Waals surface area contributed by atoms with Gasteiger partial charge in [0.25, 0.3) is 0 Å². The lowest BCUT2D eigenvalue weighted by molar-refractivity contribution is 0.135. The third-order valence-corrected chi connectivity index (χ3v) is 3.42. The lowest BCUT2D eigenvalue weighted by atomic mass is 9.88. The van der Waals surface area contributed by atoms with E-state index in [0.29, 0.717) is 6.61 Å². The van der Waals surface area contributed by atoms with Crippen LogP contribution in [0.2, 0.25) is 0 Å². The van der Waals surface area contributed by atoms with Crippen LogP contribution in [0.5, 0.6) is 0 Å². The monoisotopic (exact) mass is 251 g/mol. The fourth-order valence-corrected chi connectivity index (χ4v) is 1.80. The van der Waals surface area contributed by atoms with Crippen LogP contribution in [0.1, 0.15) is 31.4 Å². The predicted octanol–water partition coefficient (Wildman–Crippen LogP) is 2.33. The van der Waals surface area contributed by atoms with E-state index in [1.807, 2.05) is 0 Å². The van der Waals surface area contributed by atoms with Crippen LogP contribution in [0, 0.1) is 5.41 Å². The zero-order valence-corrected chi connectivity index (χ0v) is 11.7. The molecular weight excluding hydrogens is 226 g/mol. The molecule has 0 heterocycles. The number of aliphatic hydroxyl groups is 1. The summed E-state index contributed by atoms with van der Waals surface area (Å²) in [6, 6.07) is 8.38. The Morgan fingerprint density at radius 2 is 2.06 bits per heavy atom. The van der Waals surface area contributed by atoms with Gasteiger partial charge in [0.15, 0.2) is 0 Å². The predicted molar refractivity (Wildman–Crippen MR) is 74.3 cm³/mol. The van der Waals surface area contributed by atoms with Gasteiger partial charge in [-0.1, -0.05) is 38.1 Å². The van der Waals surface area contributed by atoms with Crippen molar-refractivity contribution in [3.05, 3.63) is 35.4 Å². The van der Waals surface area contributed by atoms with Gasteiger partial charge in [-0.3, -0.25) is 0 Å². The molecule has 1 unspecified atom stereocenters. The smallest absolute Gasteiger partial charge is 0.0713 e. The molecule has 2 N–H and O–H groups in total. The standard InChI is InChI=1S/C15H25NO2/c1-4-15(2,12-17)11-16-9-13-6-5-7-14(8-13)10-18-3/h5-8,16-17H,4,9-12H2,1-3H3. The molecule has 1 atom stereocenters. The summed E-state index contributed by atoms with van der Waals surface area (Å²) in [5.41, 5.74) is 2.42. The summed E-state index contributed by atoms with van der Waals surface area (Å²) in [6.45, 7) is 6.73. The number of nitrogens with one attached hydrogen (secondary N) is 1. The fourth-order valence-electron chi connectivity index (χ4n) is 1.80. The Labute approximate surface area is 110 Å². The average Bonchev–Trinajstić information content (AvgIpc) is 2.39. The van der Waals surface area contributed by atoms with Crippen molar-refractivity contribution in [1.29, 1.82) is 0 Å². The summed E-state index contributed by atoms with van der Waals surface area (Å²) < 4.78 is 5.12. The molecule has 0 aromatic heterocycles. The van der Waals surface area contributed by atoms with Crippen molar-refractivity contribution in [3.63, 3.8) is 0 Å². The summed E-state index contributed by atoms with van der Waals surface area (Å²) in [4.78, 5) is 0. The van der Waals surface area contributed by atoms with E-state index in [0.717, 1.165) is 19.5 Å². The molecule has 1 rings (SSSR count). The van der Waals surface area contributed by atoms with Gasteiger partial charge in [0.05, 0.1) is 6.61 Å². The summed E-state index contributed by atoms with van der Waals surface area (Å²) in [7, 11) is 1.71. The molecule has 3 heteroatoms. The van der Waals surface area contributed by atoms with Crippen LogP contribution in [-0.4, -0.2) is 25.4 Å². The Morgan fingerprint density at radius 3 is 2.67 bits per heavy atom. The van der Waals surface area contributed by atoms with E-state index in [9.17, 15) is 5.11 Å². The molecule has 0 saturated carbocycles. The van der Waals surface area contributed by atoms with Crippen LogP contribution < -0.4 is 5.32 Å². The second kappa shape index (κ2) is 7.52. The largest absolute Gasteiger partial charge is 0.396 e. The van der Waals surface area contributed by atoms with Gasteiger partial charge in [-0.25, -0.2) is 0 Å². The van der Waals surface area contributed by atoms with E-state index in [-0.39, 0.29) is 12.0 Å². The Hall–Kier alpha value is -0.900. The highest BCUT2D eigenvalue weighted by Crippen LogP contribution is 2.18. The van der Waals surface area contributed by atoms with Crippen LogP contribution >= 0.6 is 0 Å². The van der Waals surface area contributed by atoms with Gasteiger partial charge >= 0.3 is 0 Å². The van der Waals surface area contributed by atoms with E-state index in [2.05, 4.69) is 43.4 Å². The maximum absolute atomic E-state index is 9.34. The first-order chi connectivity index (χ1) is 8.63. The molecule has 0 aliphatic rings. The molecule has 0 saturated heterocycles. The summed E-state index contributed by atoms with van der Waals surface area (Å²) >= 11 is 0. The second-order valence-electron chi connectivity index (χ2n) is 5.18. The quantitative estimate of drug-likeness (QED) is 0.745. The summed E-state index contributed by atoms with van der Waals surface area (Å²) in [5, 5.41) is 12.8. The Morgan fingerprint density at radius 1 is 1.33 bits per heavy atom. The molecule has 0 fully saturated rings. The molecule has 0 amide bonds. The minimum atomic E-state index is -0.0237. The first-order valence-corrected chi connectivity index (χ1v) is 6.52. The number of methoxy groups -OCH3 is 1. The van der Waals surface area contributed by atoms with E-state index < -0.39 is 0 Å². The van der Waals surface area contributed by atoms with Crippen molar-refractivity contribution >= 4 is 0 Å². The fraction of sp³-hybridized carbons (Fsp3) is 0.600. The molecule has 1 aromatic rings. The van der Waals surface area contributed by atoms with E-state index in [1.54, 1.807) is 7.11 Å². The molecule has 0 aliphatic carbocycles. The van der Waals surface area contributed by atoms with Crippen LogP contribution in [-0.2, 0) is 17.9 Å². The lowest BCUT2D eigenvalue weighted by Crippen LogP contribution is -2.34. The topological polar surface area (TPSA) is 41.5 Å². The van der Waals surface area contributed by atoms with Crippen LogP contribution in [0.3, 0.4) is 0 Å². The second-order valence-corrected chi connectivity index (χ2v) is 5.18. The first-order valence-electron chi connectivity index (χ1n) is 6.52. The first kappa shape index (κ1) is 15.2. The van der Waals surface area contributed by atoms with Gasteiger partial charge in [-0.15, -0.1) is 0 Å². The number of benzene rings is 1. The lowest BCUT2D eigenvalue weighted by Gasteiger charge is -2.26. The molecule has 102 valence electrons. The molecule has 1 aromatic carbocycles. The Kier molecular flexibility index (Phi) is 6.33. The number of aliphatic hydroxyl groups excluding tert-OH is 1. The van der Waals surface area contributed by atoms with Crippen LogP contribution in [0.4, 0.5) is 0 Å². The molecule has 18 heavy (non-hydrogen) atoms. The molecule has 0 aliphatic heterocycles. The van der Waals surface area contributed by atoms with Crippen molar-refractivity contribution in [2.45, 2.75) is 33.4 Å². The van der Waals surface area contributed by atoms with Gasteiger partial charge in [0.1, 0.15) is 0 Å². The zero-order chi connectivity index (χ0) is 13.4. The molecule has 3 nitrogen and oxygen atoms in total. The van der Waals surface area contributed by atoms with Gasteiger partial charge in [0.2, 0.25) is 0 Å². The highest BCUT2D eigenvalue weighted by Gasteiger charge is 2.19. The number of rotatable bonds is 8. The molecule has 0 radical (unpaired) electrons. The van der Waals surface area contributed by atoms with Gasteiger partial charge in [0, 0.05) is 32.2 Å². The third kappa shape index (κ3) is 4.77. The summed E-state index contributed by atoms with van der Waals surface area (Å²) in [6.07, 6.45) is 0.972. The van der Waals surface area contributed by atoms with Crippen molar-refractivity contribution in [2.75, 3.05) is 20.3 Å². The van der Waals surface area contributed by atoms with E-state index in [4.69, 9.17) is 4.74 Å². The normalized spacial score (nSPS) is 14.4. The molecular formula is C15H25NO2. The zero-order valence-electron chi connectivity index (χ0n) is 11.7. The van der Waals surface area contributed by atoms with Gasteiger partial charge in [-0.05, 0) is 17.5 Å². The molecule has 0 bridgehead atoms. The van der Waals surface area contributed by atoms with E-state index in [1.165, 1.54) is 11.1 Å². The number of ether oxygens (including phenoxy) is 1. The minimum absolute atomic E-state index is 0.0237. The number of hydrogen-bond donors (Lipinski definition) is 2. The maximum Gasteiger partial charge on any atom is 0.0713 e. The highest BCUT2D eigenvalue weighted by atomic mass is 16.5. The van der Waals surface area contributed by atoms with Crippen LogP contribution in [0.25, 0.3) is 0 Å². The minimum Gasteiger partial charge on any atom is -0.396 e. The Bertz CT molecular complexity index is 348. The average molecular weight is 251 g/mol. The molecule has 0 spiro atoms. The van der Waals surface area contributed by atoms with Crippen molar-refractivity contribution in [3.8, 4) is 0 Å². The van der Waals surface area contributed by atoms with Gasteiger partial charge < -0.3 is 15.2 Å².